The molecule has 1 aliphatic rings. The van der Waals surface area contributed by atoms with Crippen molar-refractivity contribution in [3.05, 3.63) is 105 Å². The number of carbonyl (C=O) groups excluding carboxylic acids is 1. The van der Waals surface area contributed by atoms with Crippen molar-refractivity contribution in [2.24, 2.45) is 0 Å². The first kappa shape index (κ1) is 23.9. The average Bonchev–Trinajstić information content (AvgIpc) is 3.07. The number of hydrogen-bond donors (Lipinski definition) is 1. The van der Waals surface area contributed by atoms with Gasteiger partial charge in [0.1, 0.15) is 10.7 Å². The Hall–Kier alpha value is -3.29. The van der Waals surface area contributed by atoms with Gasteiger partial charge in [-0.2, -0.15) is 0 Å². The Labute approximate surface area is 204 Å². The van der Waals surface area contributed by atoms with E-state index < -0.39 is 27.5 Å². The molecule has 1 N–H and O–H groups in total. The van der Waals surface area contributed by atoms with Crippen molar-refractivity contribution in [2.75, 3.05) is 6.61 Å². The van der Waals surface area contributed by atoms with Gasteiger partial charge in [-0.05, 0) is 55.3 Å². The maximum Gasteiger partial charge on any atom is 0.290 e. The van der Waals surface area contributed by atoms with Crippen LogP contribution in [0.5, 0.6) is 5.75 Å². The topological polar surface area (TPSA) is 83.9 Å². The Bertz CT molecular complexity index is 1350. The van der Waals surface area contributed by atoms with E-state index in [1.54, 1.807) is 60.7 Å². The number of carbonyl (C=O) groups is 1. The first-order valence-corrected chi connectivity index (χ1v) is 12.6. The number of sulfone groups is 1. The van der Waals surface area contributed by atoms with Crippen LogP contribution in [0.15, 0.2) is 88.4 Å². The minimum Gasteiger partial charge on any atom is -0.502 e. The number of halogens is 1. The van der Waals surface area contributed by atoms with Crippen molar-refractivity contribution in [3.63, 3.8) is 0 Å². The monoisotopic (exact) mass is 497 g/mol. The molecule has 0 saturated heterocycles. The lowest BCUT2D eigenvalue weighted by Gasteiger charge is -2.27. The van der Waals surface area contributed by atoms with Crippen molar-refractivity contribution in [2.45, 2.75) is 31.3 Å². The Morgan fingerprint density at radius 3 is 2.26 bits per heavy atom. The largest absolute Gasteiger partial charge is 0.502 e. The predicted octanol–water partition coefficient (Wildman–Crippen LogP) is 5.37. The summed E-state index contributed by atoms with van der Waals surface area (Å²) in [5.41, 5.74) is 2.05. The summed E-state index contributed by atoms with van der Waals surface area (Å²) in [4.78, 5) is 14.2. The predicted molar refractivity (Wildman–Crippen MR) is 130 cm³/mol. The number of ether oxygens (including phenoxy) is 1. The summed E-state index contributed by atoms with van der Waals surface area (Å²) < 4.78 is 32.8. The minimum absolute atomic E-state index is 0.00276. The Morgan fingerprint density at radius 1 is 1.00 bits per heavy atom. The van der Waals surface area contributed by atoms with E-state index in [0.29, 0.717) is 28.5 Å². The van der Waals surface area contributed by atoms with Crippen LogP contribution in [-0.2, 0) is 21.2 Å². The zero-order valence-electron chi connectivity index (χ0n) is 18.7. The number of rotatable bonds is 7. The third-order valence-electron chi connectivity index (χ3n) is 5.68. The van der Waals surface area contributed by atoms with Gasteiger partial charge in [-0.25, -0.2) is 8.42 Å². The molecule has 1 atom stereocenters. The first-order chi connectivity index (χ1) is 16.2. The standard InChI is InChI=1S/C26H24ClNO5S/c1-3-33-20-12-10-18(11-13-20)23-25(34(31,32)21-14-8-17(2)9-15-21)24(29)26(30)28(23)16-19-6-4-5-7-22(19)27/h4-15,23,29H,3,16H2,1-2H3/t23-/m0/s1. The fraction of sp³-hybridized carbons (Fsp3) is 0.192. The van der Waals surface area contributed by atoms with Crippen LogP contribution in [0.2, 0.25) is 5.02 Å². The van der Waals surface area contributed by atoms with E-state index in [1.165, 1.54) is 17.0 Å². The maximum atomic E-state index is 13.7. The molecule has 0 aliphatic carbocycles. The fourth-order valence-corrected chi connectivity index (χ4v) is 5.81. The van der Waals surface area contributed by atoms with Gasteiger partial charge in [-0.3, -0.25) is 4.79 Å². The second-order valence-electron chi connectivity index (χ2n) is 7.96. The van der Waals surface area contributed by atoms with Crippen LogP contribution in [0.4, 0.5) is 0 Å². The number of aliphatic hydroxyl groups excluding tert-OH is 1. The highest BCUT2D eigenvalue weighted by Gasteiger charge is 2.47. The average molecular weight is 498 g/mol. The summed E-state index contributed by atoms with van der Waals surface area (Å²) in [6.45, 7) is 4.21. The number of nitrogens with zero attached hydrogens (tertiary/aromatic N) is 1. The molecule has 6 nitrogen and oxygen atoms in total. The Balaban J connectivity index is 1.85. The zero-order valence-corrected chi connectivity index (χ0v) is 20.3. The van der Waals surface area contributed by atoms with Gasteiger partial charge < -0.3 is 14.7 Å². The number of aliphatic hydroxyl groups is 1. The minimum atomic E-state index is -4.19. The Morgan fingerprint density at radius 2 is 1.65 bits per heavy atom. The van der Waals surface area contributed by atoms with Gasteiger partial charge in [0.15, 0.2) is 5.76 Å². The van der Waals surface area contributed by atoms with E-state index in [2.05, 4.69) is 0 Å². The third kappa shape index (κ3) is 4.41. The molecule has 1 aliphatic heterocycles. The van der Waals surface area contributed by atoms with E-state index in [1.807, 2.05) is 13.8 Å². The molecule has 3 aromatic rings. The molecule has 0 radical (unpaired) electrons. The molecule has 1 heterocycles. The van der Waals surface area contributed by atoms with Gasteiger partial charge in [0.05, 0.1) is 17.5 Å². The molecule has 0 unspecified atom stereocenters. The van der Waals surface area contributed by atoms with Crippen LogP contribution >= 0.6 is 11.6 Å². The molecule has 0 spiro atoms. The molecule has 8 heteroatoms. The summed E-state index contributed by atoms with van der Waals surface area (Å²) >= 11 is 6.32. The highest BCUT2D eigenvalue weighted by Crippen LogP contribution is 2.44. The van der Waals surface area contributed by atoms with Crippen molar-refractivity contribution < 1.29 is 23.1 Å². The molecular weight excluding hydrogens is 474 g/mol. The molecule has 176 valence electrons. The van der Waals surface area contributed by atoms with E-state index in [0.717, 1.165) is 5.56 Å². The highest BCUT2D eigenvalue weighted by atomic mass is 35.5. The molecular formula is C26H24ClNO5S. The quantitative estimate of drug-likeness (QED) is 0.474. The molecule has 4 rings (SSSR count). The van der Waals surface area contributed by atoms with Gasteiger partial charge in [0.25, 0.3) is 5.91 Å². The number of hydrogen-bond acceptors (Lipinski definition) is 5. The molecule has 0 bridgehead atoms. The zero-order chi connectivity index (χ0) is 24.5. The van der Waals surface area contributed by atoms with E-state index in [9.17, 15) is 18.3 Å². The van der Waals surface area contributed by atoms with Crippen molar-refractivity contribution in [1.29, 1.82) is 0 Å². The lowest BCUT2D eigenvalue weighted by Crippen LogP contribution is -2.30. The third-order valence-corrected chi connectivity index (χ3v) is 7.94. The lowest BCUT2D eigenvalue weighted by molar-refractivity contribution is -0.130. The first-order valence-electron chi connectivity index (χ1n) is 10.8. The molecule has 1 amide bonds. The normalized spacial score (nSPS) is 16.3. The van der Waals surface area contributed by atoms with Gasteiger partial charge >= 0.3 is 0 Å². The van der Waals surface area contributed by atoms with Gasteiger partial charge in [0.2, 0.25) is 9.84 Å². The van der Waals surface area contributed by atoms with Gasteiger partial charge in [0, 0.05) is 11.6 Å². The number of amides is 1. The van der Waals surface area contributed by atoms with Crippen LogP contribution < -0.4 is 4.74 Å². The maximum absolute atomic E-state index is 13.7. The number of benzene rings is 3. The fourth-order valence-electron chi connectivity index (χ4n) is 3.97. The summed E-state index contributed by atoms with van der Waals surface area (Å²) in [6.07, 6.45) is 0. The summed E-state index contributed by atoms with van der Waals surface area (Å²) in [5.74, 6) is -0.944. The van der Waals surface area contributed by atoms with Crippen molar-refractivity contribution in [1.82, 2.24) is 4.90 Å². The van der Waals surface area contributed by atoms with Crippen LogP contribution in [0.3, 0.4) is 0 Å². The second kappa shape index (κ2) is 9.52. The molecule has 34 heavy (non-hydrogen) atoms. The van der Waals surface area contributed by atoms with Crippen LogP contribution in [-0.4, -0.2) is 30.9 Å². The Kier molecular flexibility index (Phi) is 6.68. The summed E-state index contributed by atoms with van der Waals surface area (Å²) in [7, 11) is -4.19. The van der Waals surface area contributed by atoms with E-state index in [4.69, 9.17) is 16.3 Å². The smallest absolute Gasteiger partial charge is 0.290 e. The molecule has 3 aromatic carbocycles. The molecule has 0 aromatic heterocycles. The van der Waals surface area contributed by atoms with E-state index in [-0.39, 0.29) is 16.3 Å². The second-order valence-corrected chi connectivity index (χ2v) is 10.3. The van der Waals surface area contributed by atoms with Gasteiger partial charge in [-0.1, -0.05) is 59.6 Å². The van der Waals surface area contributed by atoms with Crippen molar-refractivity contribution in [3.8, 4) is 5.75 Å². The van der Waals surface area contributed by atoms with Gasteiger partial charge in [-0.15, -0.1) is 0 Å². The van der Waals surface area contributed by atoms with Crippen LogP contribution in [0, 0.1) is 6.92 Å². The lowest BCUT2D eigenvalue weighted by atomic mass is 10.1. The summed E-state index contributed by atoms with van der Waals surface area (Å²) in [5, 5.41) is 11.3. The van der Waals surface area contributed by atoms with Crippen molar-refractivity contribution >= 4 is 27.3 Å². The molecule has 0 fully saturated rings. The highest BCUT2D eigenvalue weighted by molar-refractivity contribution is 7.95. The van der Waals surface area contributed by atoms with E-state index >= 15 is 0 Å². The van der Waals surface area contributed by atoms with Crippen LogP contribution in [0.1, 0.15) is 29.7 Å². The van der Waals surface area contributed by atoms with Crippen LogP contribution in [0.25, 0.3) is 0 Å². The summed E-state index contributed by atoms with van der Waals surface area (Å²) in [6, 6.07) is 19.1. The SMILES string of the molecule is CCOc1ccc([C@H]2C(S(=O)(=O)c3ccc(C)cc3)=C(O)C(=O)N2Cc2ccccc2Cl)cc1. The number of aryl methyl sites for hydroxylation is 1. The molecule has 0 saturated carbocycles.